The van der Waals surface area contributed by atoms with Crippen molar-refractivity contribution in [2.75, 3.05) is 19.6 Å². The zero-order valence-electron chi connectivity index (χ0n) is 13.0. The maximum Gasteiger partial charge on any atom is 0.222 e. The van der Waals surface area contributed by atoms with Gasteiger partial charge in [-0.3, -0.25) is 4.79 Å². The predicted molar refractivity (Wildman–Crippen MR) is 91.2 cm³/mol. The van der Waals surface area contributed by atoms with Crippen LogP contribution in [-0.2, 0) is 11.2 Å². The SMILES string of the molecule is CCNC1CCN(C(=O)CCc2nc3ccccc3s2)CC1. The van der Waals surface area contributed by atoms with Crippen LogP contribution >= 0.6 is 11.3 Å². The van der Waals surface area contributed by atoms with Crippen LogP contribution < -0.4 is 5.32 Å². The van der Waals surface area contributed by atoms with Gasteiger partial charge >= 0.3 is 0 Å². The Morgan fingerprint density at radius 2 is 2.14 bits per heavy atom. The van der Waals surface area contributed by atoms with E-state index < -0.39 is 0 Å². The van der Waals surface area contributed by atoms with Crippen molar-refractivity contribution in [1.82, 2.24) is 15.2 Å². The number of carbonyl (C=O) groups excluding carboxylic acids is 1. The Balaban J connectivity index is 1.50. The summed E-state index contributed by atoms with van der Waals surface area (Å²) >= 11 is 1.70. The number of hydrogen-bond donors (Lipinski definition) is 1. The van der Waals surface area contributed by atoms with Crippen LogP contribution in [0.1, 0.15) is 31.2 Å². The van der Waals surface area contributed by atoms with Crippen LogP contribution in [0, 0.1) is 0 Å². The Kier molecular flexibility index (Phi) is 5.05. The third-order valence-corrected chi connectivity index (χ3v) is 5.33. The molecular weight excluding hydrogens is 294 g/mol. The van der Waals surface area contributed by atoms with Crippen molar-refractivity contribution < 1.29 is 4.79 Å². The number of piperidine rings is 1. The summed E-state index contributed by atoms with van der Waals surface area (Å²) in [4.78, 5) is 19.0. The minimum Gasteiger partial charge on any atom is -0.343 e. The molecule has 1 saturated heterocycles. The number of nitrogens with zero attached hydrogens (tertiary/aromatic N) is 2. The van der Waals surface area contributed by atoms with Crippen LogP contribution in [0.25, 0.3) is 10.2 Å². The number of aromatic nitrogens is 1. The number of likely N-dealkylation sites (tertiary alicyclic amines) is 1. The number of hydrogen-bond acceptors (Lipinski definition) is 4. The lowest BCUT2D eigenvalue weighted by Crippen LogP contribution is -2.44. The number of thiazole rings is 1. The van der Waals surface area contributed by atoms with Gasteiger partial charge in [0.05, 0.1) is 15.2 Å². The molecule has 1 aliphatic rings. The van der Waals surface area contributed by atoms with Gasteiger partial charge in [0, 0.05) is 32.0 Å². The second-order valence-corrected chi connectivity index (χ2v) is 6.90. The highest BCUT2D eigenvalue weighted by molar-refractivity contribution is 7.18. The second kappa shape index (κ2) is 7.20. The van der Waals surface area contributed by atoms with E-state index in [9.17, 15) is 4.79 Å². The molecule has 4 nitrogen and oxygen atoms in total. The van der Waals surface area contributed by atoms with E-state index in [4.69, 9.17) is 0 Å². The van der Waals surface area contributed by atoms with Crippen LogP contribution in [0.3, 0.4) is 0 Å². The van der Waals surface area contributed by atoms with Crippen molar-refractivity contribution in [3.05, 3.63) is 29.3 Å². The summed E-state index contributed by atoms with van der Waals surface area (Å²) in [5.74, 6) is 0.272. The normalized spacial score (nSPS) is 16.3. The van der Waals surface area contributed by atoms with Gasteiger partial charge in [-0.2, -0.15) is 0 Å². The zero-order valence-corrected chi connectivity index (χ0v) is 13.9. The fraction of sp³-hybridized carbons (Fsp3) is 0.529. The highest BCUT2D eigenvalue weighted by Gasteiger charge is 2.22. The fourth-order valence-corrected chi connectivity index (χ4v) is 3.99. The molecule has 0 bridgehead atoms. The highest BCUT2D eigenvalue weighted by Crippen LogP contribution is 2.23. The molecule has 0 unspecified atom stereocenters. The number of benzene rings is 1. The third-order valence-electron chi connectivity index (χ3n) is 4.23. The Hall–Kier alpha value is -1.46. The lowest BCUT2D eigenvalue weighted by molar-refractivity contribution is -0.132. The zero-order chi connectivity index (χ0) is 15.4. The van der Waals surface area contributed by atoms with Crippen LogP contribution in [0.2, 0.25) is 0 Å². The molecule has 0 atom stereocenters. The first-order chi connectivity index (χ1) is 10.8. The Morgan fingerprint density at radius 3 is 2.86 bits per heavy atom. The molecule has 1 aromatic heterocycles. The largest absolute Gasteiger partial charge is 0.343 e. The van der Waals surface area contributed by atoms with Gasteiger partial charge in [-0.25, -0.2) is 4.98 Å². The Morgan fingerprint density at radius 1 is 1.36 bits per heavy atom. The summed E-state index contributed by atoms with van der Waals surface area (Å²) in [5.41, 5.74) is 1.04. The number of nitrogens with one attached hydrogen (secondary N) is 1. The maximum absolute atomic E-state index is 12.3. The van der Waals surface area contributed by atoms with Crippen molar-refractivity contribution in [2.45, 2.75) is 38.6 Å². The first-order valence-corrected chi connectivity index (χ1v) is 8.93. The highest BCUT2D eigenvalue weighted by atomic mass is 32.1. The van der Waals surface area contributed by atoms with E-state index in [2.05, 4.69) is 23.3 Å². The van der Waals surface area contributed by atoms with E-state index in [1.807, 2.05) is 23.1 Å². The first kappa shape index (κ1) is 15.4. The van der Waals surface area contributed by atoms with Crippen molar-refractivity contribution in [3.8, 4) is 0 Å². The van der Waals surface area contributed by atoms with Crippen LogP contribution in [0.5, 0.6) is 0 Å². The smallest absolute Gasteiger partial charge is 0.222 e. The van der Waals surface area contributed by atoms with Crippen molar-refractivity contribution in [3.63, 3.8) is 0 Å². The van der Waals surface area contributed by atoms with Crippen molar-refractivity contribution >= 4 is 27.5 Å². The molecule has 1 N–H and O–H groups in total. The molecular formula is C17H23N3OS. The predicted octanol–water partition coefficient (Wildman–Crippen LogP) is 2.83. The summed E-state index contributed by atoms with van der Waals surface area (Å²) in [6, 6.07) is 8.74. The summed E-state index contributed by atoms with van der Waals surface area (Å²) in [6.45, 7) is 4.92. The van der Waals surface area contributed by atoms with Gasteiger partial charge in [0.15, 0.2) is 0 Å². The Labute approximate surface area is 135 Å². The van der Waals surface area contributed by atoms with Gasteiger partial charge in [-0.15, -0.1) is 11.3 Å². The van der Waals surface area contributed by atoms with Crippen molar-refractivity contribution in [1.29, 1.82) is 0 Å². The number of carbonyl (C=O) groups is 1. The van der Waals surface area contributed by atoms with Gasteiger partial charge in [-0.05, 0) is 31.5 Å². The number of para-hydroxylation sites is 1. The third kappa shape index (κ3) is 3.65. The molecule has 0 radical (unpaired) electrons. The van der Waals surface area contributed by atoms with Crippen molar-refractivity contribution in [2.24, 2.45) is 0 Å². The average Bonchev–Trinajstić information content (AvgIpc) is 2.96. The minimum absolute atomic E-state index is 0.272. The number of amides is 1. The topological polar surface area (TPSA) is 45.2 Å². The molecule has 1 aromatic carbocycles. The molecule has 1 fully saturated rings. The molecule has 5 heteroatoms. The molecule has 22 heavy (non-hydrogen) atoms. The van der Waals surface area contributed by atoms with E-state index in [1.54, 1.807) is 11.3 Å². The standard InChI is InChI=1S/C17H23N3OS/c1-2-18-13-9-11-20(12-10-13)17(21)8-7-16-19-14-5-3-4-6-15(14)22-16/h3-6,13,18H,2,7-12H2,1H3. The molecule has 118 valence electrons. The van der Waals surface area contributed by atoms with E-state index in [0.717, 1.165) is 49.4 Å². The van der Waals surface area contributed by atoms with Crippen LogP contribution in [-0.4, -0.2) is 41.5 Å². The van der Waals surface area contributed by atoms with E-state index in [-0.39, 0.29) is 5.91 Å². The molecule has 1 amide bonds. The van der Waals surface area contributed by atoms with Crippen LogP contribution in [0.15, 0.2) is 24.3 Å². The van der Waals surface area contributed by atoms with Gasteiger partial charge in [0.25, 0.3) is 0 Å². The van der Waals surface area contributed by atoms with E-state index >= 15 is 0 Å². The average molecular weight is 317 g/mol. The molecule has 0 spiro atoms. The summed E-state index contributed by atoms with van der Waals surface area (Å²) in [6.07, 6.45) is 3.47. The fourth-order valence-electron chi connectivity index (χ4n) is 3.02. The molecule has 1 aliphatic heterocycles. The maximum atomic E-state index is 12.3. The second-order valence-electron chi connectivity index (χ2n) is 5.79. The van der Waals surface area contributed by atoms with Gasteiger partial charge in [0.2, 0.25) is 5.91 Å². The van der Waals surface area contributed by atoms with Gasteiger partial charge in [-0.1, -0.05) is 19.1 Å². The summed E-state index contributed by atoms with van der Waals surface area (Å²) in [5, 5.41) is 4.54. The van der Waals surface area contributed by atoms with Gasteiger partial charge in [0.1, 0.15) is 0 Å². The summed E-state index contributed by atoms with van der Waals surface area (Å²) < 4.78 is 1.21. The van der Waals surface area contributed by atoms with E-state index in [1.165, 1.54) is 4.70 Å². The lowest BCUT2D eigenvalue weighted by atomic mass is 10.0. The lowest BCUT2D eigenvalue weighted by Gasteiger charge is -2.32. The summed E-state index contributed by atoms with van der Waals surface area (Å²) in [7, 11) is 0. The molecule has 0 saturated carbocycles. The van der Waals surface area contributed by atoms with Gasteiger partial charge < -0.3 is 10.2 Å². The number of aryl methyl sites for hydroxylation is 1. The first-order valence-electron chi connectivity index (χ1n) is 8.12. The number of rotatable bonds is 5. The molecule has 2 aromatic rings. The quantitative estimate of drug-likeness (QED) is 0.922. The van der Waals surface area contributed by atoms with E-state index in [0.29, 0.717) is 12.5 Å². The molecule has 0 aliphatic carbocycles. The number of fused-ring (bicyclic) bond motifs is 1. The molecule has 3 rings (SSSR count). The Bertz CT molecular complexity index is 599. The molecule has 2 heterocycles. The monoisotopic (exact) mass is 317 g/mol. The van der Waals surface area contributed by atoms with Crippen LogP contribution in [0.4, 0.5) is 0 Å². The minimum atomic E-state index is 0.272.